The number of sulfonamides is 1. The van der Waals surface area contributed by atoms with Gasteiger partial charge < -0.3 is 5.32 Å². The second-order valence-corrected chi connectivity index (χ2v) is 8.27. The molecule has 0 aliphatic rings. The van der Waals surface area contributed by atoms with Crippen molar-refractivity contribution in [2.45, 2.75) is 32.7 Å². The number of rotatable bonds is 8. The highest BCUT2D eigenvalue weighted by molar-refractivity contribution is 7.92. The van der Waals surface area contributed by atoms with Gasteiger partial charge in [0.2, 0.25) is 10.0 Å². The number of benzene rings is 2. The Hall–Kier alpha value is -2.05. The van der Waals surface area contributed by atoms with Gasteiger partial charge in [0.15, 0.2) is 0 Å². The van der Waals surface area contributed by atoms with E-state index < -0.39 is 10.0 Å². The fourth-order valence-electron chi connectivity index (χ4n) is 2.61. The first kappa shape index (κ1) is 20.3. The first-order valence-corrected chi connectivity index (χ1v) is 10.5. The molecule has 0 aromatic heterocycles. The van der Waals surface area contributed by atoms with E-state index in [1.165, 1.54) is 6.07 Å². The van der Waals surface area contributed by atoms with Gasteiger partial charge >= 0.3 is 0 Å². The predicted octanol–water partition coefficient (Wildman–Crippen LogP) is 4.37. The molecule has 1 atom stereocenters. The van der Waals surface area contributed by atoms with Crippen molar-refractivity contribution in [3.63, 3.8) is 0 Å². The van der Waals surface area contributed by atoms with Gasteiger partial charge in [-0.25, -0.2) is 8.42 Å². The molecule has 2 aromatic carbocycles. The summed E-state index contributed by atoms with van der Waals surface area (Å²) in [4.78, 5) is 12.6. The van der Waals surface area contributed by atoms with Crippen LogP contribution in [0.25, 0.3) is 0 Å². The van der Waals surface area contributed by atoms with Crippen LogP contribution in [0.2, 0.25) is 5.02 Å². The monoisotopic (exact) mass is 394 g/mol. The number of anilines is 1. The Morgan fingerprint density at radius 1 is 1.12 bits per heavy atom. The summed E-state index contributed by atoms with van der Waals surface area (Å²) in [6, 6.07) is 13.6. The lowest BCUT2D eigenvalue weighted by atomic mass is 10.0. The van der Waals surface area contributed by atoms with Gasteiger partial charge in [-0.1, -0.05) is 43.6 Å². The molecule has 26 heavy (non-hydrogen) atoms. The molecular weight excluding hydrogens is 372 g/mol. The largest absolute Gasteiger partial charge is 0.345 e. The minimum Gasteiger partial charge on any atom is -0.345 e. The fraction of sp³-hybridized carbons (Fsp3) is 0.316. The van der Waals surface area contributed by atoms with Crippen LogP contribution in [0.3, 0.4) is 0 Å². The van der Waals surface area contributed by atoms with E-state index in [0.717, 1.165) is 5.56 Å². The number of carbonyl (C=O) groups excluding carboxylic acids is 1. The molecular formula is C19H23ClN2O3S. The zero-order valence-electron chi connectivity index (χ0n) is 14.8. The van der Waals surface area contributed by atoms with E-state index in [1.807, 2.05) is 25.1 Å². The molecule has 0 radical (unpaired) electrons. The van der Waals surface area contributed by atoms with Crippen LogP contribution in [0.5, 0.6) is 0 Å². The lowest BCUT2D eigenvalue weighted by Gasteiger charge is -2.18. The summed E-state index contributed by atoms with van der Waals surface area (Å²) in [5.74, 6) is -0.232. The molecule has 0 saturated carbocycles. The zero-order chi connectivity index (χ0) is 19.2. The van der Waals surface area contributed by atoms with E-state index in [9.17, 15) is 13.2 Å². The van der Waals surface area contributed by atoms with Gasteiger partial charge in [-0.2, -0.15) is 0 Å². The molecule has 0 aliphatic carbocycles. The van der Waals surface area contributed by atoms with Crippen LogP contribution < -0.4 is 10.0 Å². The Kier molecular flexibility index (Phi) is 7.06. The van der Waals surface area contributed by atoms with Crippen LogP contribution in [-0.2, 0) is 10.0 Å². The summed E-state index contributed by atoms with van der Waals surface area (Å²) >= 11 is 6.03. The van der Waals surface area contributed by atoms with E-state index in [4.69, 9.17) is 11.6 Å². The van der Waals surface area contributed by atoms with E-state index in [2.05, 4.69) is 10.0 Å². The van der Waals surface area contributed by atoms with Crippen molar-refractivity contribution < 1.29 is 13.2 Å². The third-order valence-corrected chi connectivity index (χ3v) is 5.56. The normalized spacial score (nSPS) is 12.4. The van der Waals surface area contributed by atoms with Crippen LogP contribution in [-0.4, -0.2) is 20.1 Å². The number of hydrogen-bond donors (Lipinski definition) is 2. The second kappa shape index (κ2) is 9.05. The van der Waals surface area contributed by atoms with Gasteiger partial charge in [0.25, 0.3) is 5.91 Å². The van der Waals surface area contributed by atoms with Gasteiger partial charge in [-0.05, 0) is 48.7 Å². The first-order valence-electron chi connectivity index (χ1n) is 8.51. The first-order chi connectivity index (χ1) is 12.3. The van der Waals surface area contributed by atoms with Crippen molar-refractivity contribution in [3.8, 4) is 0 Å². The van der Waals surface area contributed by atoms with Crippen molar-refractivity contribution in [2.75, 3.05) is 10.5 Å². The summed E-state index contributed by atoms with van der Waals surface area (Å²) in [6.45, 7) is 3.77. The van der Waals surface area contributed by atoms with Gasteiger partial charge in [-0.3, -0.25) is 9.52 Å². The van der Waals surface area contributed by atoms with Crippen LogP contribution in [0.4, 0.5) is 5.69 Å². The van der Waals surface area contributed by atoms with Crippen molar-refractivity contribution in [1.82, 2.24) is 5.32 Å². The maximum Gasteiger partial charge on any atom is 0.251 e. The topological polar surface area (TPSA) is 75.3 Å². The molecule has 0 aliphatic heterocycles. The molecule has 0 saturated heterocycles. The maximum absolute atomic E-state index is 12.6. The van der Waals surface area contributed by atoms with E-state index >= 15 is 0 Å². The van der Waals surface area contributed by atoms with Gasteiger partial charge in [-0.15, -0.1) is 0 Å². The molecule has 2 N–H and O–H groups in total. The Bertz CT molecular complexity index is 869. The quantitative estimate of drug-likeness (QED) is 0.697. The van der Waals surface area contributed by atoms with Crippen LogP contribution >= 0.6 is 11.6 Å². The fourth-order valence-corrected chi connectivity index (χ4v) is 3.93. The molecule has 5 nitrogen and oxygen atoms in total. The number of hydrogen-bond acceptors (Lipinski definition) is 3. The Labute approximate surface area is 159 Å². The van der Waals surface area contributed by atoms with Crippen LogP contribution in [0, 0.1) is 0 Å². The molecule has 0 fully saturated rings. The van der Waals surface area contributed by atoms with Gasteiger partial charge in [0.05, 0.1) is 11.8 Å². The highest BCUT2D eigenvalue weighted by Crippen LogP contribution is 2.21. The van der Waals surface area contributed by atoms with E-state index in [-0.39, 0.29) is 17.7 Å². The average molecular weight is 395 g/mol. The van der Waals surface area contributed by atoms with Crippen molar-refractivity contribution >= 4 is 33.2 Å². The summed E-state index contributed by atoms with van der Waals surface area (Å²) in [5.41, 5.74) is 1.69. The van der Waals surface area contributed by atoms with Crippen LogP contribution in [0.15, 0.2) is 48.5 Å². The molecule has 0 spiro atoms. The van der Waals surface area contributed by atoms with Crippen molar-refractivity contribution in [2.24, 2.45) is 0 Å². The third kappa shape index (κ3) is 5.75. The minimum atomic E-state index is -3.40. The maximum atomic E-state index is 12.6. The molecule has 2 rings (SSSR count). The summed E-state index contributed by atoms with van der Waals surface area (Å²) in [6.07, 6.45) is 1.22. The van der Waals surface area contributed by atoms with E-state index in [1.54, 1.807) is 31.2 Å². The van der Waals surface area contributed by atoms with Gasteiger partial charge in [0, 0.05) is 16.3 Å². The Balaban J connectivity index is 2.15. The minimum absolute atomic E-state index is 0.0378. The molecule has 1 amide bonds. The lowest BCUT2D eigenvalue weighted by Crippen LogP contribution is -2.28. The number of nitrogens with one attached hydrogen (secondary N) is 2. The third-order valence-electron chi connectivity index (χ3n) is 3.84. The van der Waals surface area contributed by atoms with Crippen LogP contribution in [0.1, 0.15) is 48.7 Å². The molecule has 2 aromatic rings. The summed E-state index contributed by atoms with van der Waals surface area (Å²) < 4.78 is 26.3. The zero-order valence-corrected chi connectivity index (χ0v) is 16.4. The SMILES string of the molecule is CCCS(=O)(=O)Nc1cccc(C(=O)NC(CC)c2cccc(Cl)c2)c1. The molecule has 0 bridgehead atoms. The lowest BCUT2D eigenvalue weighted by molar-refractivity contribution is 0.0935. The average Bonchev–Trinajstić information content (AvgIpc) is 2.59. The number of carbonyl (C=O) groups is 1. The summed E-state index contributed by atoms with van der Waals surface area (Å²) in [7, 11) is -3.40. The van der Waals surface area contributed by atoms with Crippen molar-refractivity contribution in [1.29, 1.82) is 0 Å². The van der Waals surface area contributed by atoms with Crippen molar-refractivity contribution in [3.05, 3.63) is 64.7 Å². The standard InChI is InChI=1S/C19H23ClN2O3S/c1-3-11-26(24,25)22-17-10-6-8-15(13-17)19(23)21-18(4-2)14-7-5-9-16(20)12-14/h5-10,12-13,18,22H,3-4,11H2,1-2H3,(H,21,23). The predicted molar refractivity (Wildman–Crippen MR) is 106 cm³/mol. The van der Waals surface area contributed by atoms with Gasteiger partial charge in [0.1, 0.15) is 0 Å². The summed E-state index contributed by atoms with van der Waals surface area (Å²) in [5, 5.41) is 3.58. The molecule has 0 heterocycles. The number of halogens is 1. The van der Waals surface area contributed by atoms with E-state index in [0.29, 0.717) is 29.1 Å². The highest BCUT2D eigenvalue weighted by atomic mass is 35.5. The Morgan fingerprint density at radius 2 is 1.85 bits per heavy atom. The smallest absolute Gasteiger partial charge is 0.251 e. The molecule has 140 valence electrons. The second-order valence-electron chi connectivity index (χ2n) is 5.99. The Morgan fingerprint density at radius 3 is 2.50 bits per heavy atom. The number of amides is 1. The highest BCUT2D eigenvalue weighted by Gasteiger charge is 2.16. The molecule has 1 unspecified atom stereocenters. The molecule has 7 heteroatoms.